The smallest absolute Gasteiger partial charge is 0.202 e. The first-order chi connectivity index (χ1) is 12.0. The topological polar surface area (TPSA) is 85.7 Å². The van der Waals surface area contributed by atoms with Gasteiger partial charge in [-0.25, -0.2) is 4.98 Å². The van der Waals surface area contributed by atoms with Crippen molar-refractivity contribution in [3.05, 3.63) is 54.3 Å². The van der Waals surface area contributed by atoms with Gasteiger partial charge in [-0.2, -0.15) is 5.10 Å². The van der Waals surface area contributed by atoms with Crippen molar-refractivity contribution < 1.29 is 8.94 Å². The van der Waals surface area contributed by atoms with Crippen molar-refractivity contribution in [3.63, 3.8) is 0 Å². The second kappa shape index (κ2) is 5.77. The van der Waals surface area contributed by atoms with Crippen LogP contribution in [0.1, 0.15) is 32.2 Å². The van der Waals surface area contributed by atoms with E-state index in [-0.39, 0.29) is 5.41 Å². The van der Waals surface area contributed by atoms with Gasteiger partial charge >= 0.3 is 0 Å². The van der Waals surface area contributed by atoms with E-state index in [0.717, 1.165) is 22.9 Å². The lowest BCUT2D eigenvalue weighted by Crippen LogP contribution is -2.11. The summed E-state index contributed by atoms with van der Waals surface area (Å²) in [6, 6.07) is 7.56. The molecule has 0 spiro atoms. The molecule has 4 aromatic heterocycles. The van der Waals surface area contributed by atoms with Gasteiger partial charge in [0.15, 0.2) is 11.6 Å². The third kappa shape index (κ3) is 3.00. The Morgan fingerprint density at radius 1 is 1.20 bits per heavy atom. The van der Waals surface area contributed by atoms with Crippen molar-refractivity contribution in [2.24, 2.45) is 0 Å². The van der Waals surface area contributed by atoms with Crippen LogP contribution in [0.5, 0.6) is 0 Å². The minimum Gasteiger partial charge on any atom is -0.461 e. The summed E-state index contributed by atoms with van der Waals surface area (Å²) in [6.07, 6.45) is 5.27. The van der Waals surface area contributed by atoms with Crippen LogP contribution in [-0.4, -0.2) is 24.9 Å². The molecule has 0 fully saturated rings. The second-order valence-corrected chi connectivity index (χ2v) is 6.96. The molecule has 7 heteroatoms. The van der Waals surface area contributed by atoms with Gasteiger partial charge in [0.25, 0.3) is 0 Å². The van der Waals surface area contributed by atoms with Crippen LogP contribution in [0.2, 0.25) is 0 Å². The highest BCUT2D eigenvalue weighted by atomic mass is 16.5. The zero-order valence-corrected chi connectivity index (χ0v) is 14.4. The van der Waals surface area contributed by atoms with Gasteiger partial charge in [-0.05, 0) is 18.2 Å². The number of H-pyrrole nitrogens is 1. The van der Waals surface area contributed by atoms with Crippen LogP contribution in [0.25, 0.3) is 23.0 Å². The maximum absolute atomic E-state index is 5.35. The summed E-state index contributed by atoms with van der Waals surface area (Å²) in [5, 5.41) is 11.6. The average molecular weight is 337 g/mol. The second-order valence-electron chi connectivity index (χ2n) is 6.96. The van der Waals surface area contributed by atoms with Crippen molar-refractivity contribution in [2.75, 3.05) is 0 Å². The number of rotatable bonds is 4. The van der Waals surface area contributed by atoms with Crippen LogP contribution in [0.15, 0.2) is 51.9 Å². The molecular formula is C18H19N5O2. The number of hydrogen-bond acceptors (Lipinski definition) is 5. The fraction of sp³-hybridized carbons (Fsp3) is 0.278. The molecule has 0 amide bonds. The van der Waals surface area contributed by atoms with Gasteiger partial charge in [-0.3, -0.25) is 5.10 Å². The fourth-order valence-electron chi connectivity index (χ4n) is 2.59. The fourth-order valence-corrected chi connectivity index (χ4v) is 2.59. The Kier molecular flexibility index (Phi) is 3.56. The van der Waals surface area contributed by atoms with E-state index in [1.165, 1.54) is 0 Å². The molecule has 0 aromatic carbocycles. The van der Waals surface area contributed by atoms with Crippen LogP contribution in [0.3, 0.4) is 0 Å². The molecule has 0 radical (unpaired) electrons. The number of imidazole rings is 1. The van der Waals surface area contributed by atoms with Crippen LogP contribution in [0.4, 0.5) is 0 Å². The van der Waals surface area contributed by atoms with Gasteiger partial charge in [0.05, 0.1) is 12.8 Å². The molecule has 0 aliphatic carbocycles. The van der Waals surface area contributed by atoms with Crippen LogP contribution < -0.4 is 0 Å². The SMILES string of the molecule is CC(C)(C)c1cc(-c2nccn2Cc2cc(-c3ccco3)on2)n[nH]1. The van der Waals surface area contributed by atoms with Gasteiger partial charge in [-0.1, -0.05) is 25.9 Å². The molecule has 0 atom stereocenters. The summed E-state index contributed by atoms with van der Waals surface area (Å²) in [6.45, 7) is 6.96. The lowest BCUT2D eigenvalue weighted by atomic mass is 9.92. The van der Waals surface area contributed by atoms with Crippen molar-refractivity contribution in [1.82, 2.24) is 24.9 Å². The highest BCUT2D eigenvalue weighted by molar-refractivity contribution is 5.52. The summed E-state index contributed by atoms with van der Waals surface area (Å²) in [5.74, 6) is 2.05. The predicted molar refractivity (Wildman–Crippen MR) is 91.8 cm³/mol. The van der Waals surface area contributed by atoms with Crippen molar-refractivity contribution in [1.29, 1.82) is 0 Å². The standard InChI is InChI=1S/C18H19N5O2/c1-18(2,3)16-10-13(20-21-16)17-19-6-7-23(17)11-12-9-15(25-22-12)14-5-4-8-24-14/h4-10H,11H2,1-3H3,(H,20,21). The minimum atomic E-state index is 0.00668. The first-order valence-electron chi connectivity index (χ1n) is 8.07. The molecule has 4 aromatic rings. The molecule has 25 heavy (non-hydrogen) atoms. The number of furan rings is 1. The molecule has 0 aliphatic heterocycles. The van der Waals surface area contributed by atoms with E-state index in [1.807, 2.05) is 35.0 Å². The van der Waals surface area contributed by atoms with E-state index in [0.29, 0.717) is 18.1 Å². The van der Waals surface area contributed by atoms with Crippen LogP contribution in [0, 0.1) is 0 Å². The predicted octanol–water partition coefficient (Wildman–Crippen LogP) is 3.87. The molecule has 1 N–H and O–H groups in total. The number of aromatic nitrogens is 5. The first kappa shape index (κ1) is 15.4. The van der Waals surface area contributed by atoms with E-state index >= 15 is 0 Å². The number of aromatic amines is 1. The molecule has 0 unspecified atom stereocenters. The number of nitrogens with zero attached hydrogens (tertiary/aromatic N) is 4. The van der Waals surface area contributed by atoms with Crippen molar-refractivity contribution in [3.8, 4) is 23.0 Å². The van der Waals surface area contributed by atoms with Crippen LogP contribution in [-0.2, 0) is 12.0 Å². The summed E-state index contributed by atoms with van der Waals surface area (Å²) in [5.41, 5.74) is 2.67. The van der Waals surface area contributed by atoms with Gasteiger partial charge in [0.2, 0.25) is 5.76 Å². The van der Waals surface area contributed by atoms with Gasteiger partial charge in [0, 0.05) is 29.6 Å². The maximum Gasteiger partial charge on any atom is 0.202 e. The molecule has 0 saturated heterocycles. The normalized spacial score (nSPS) is 12.0. The largest absolute Gasteiger partial charge is 0.461 e. The zero-order valence-electron chi connectivity index (χ0n) is 14.4. The Labute approximate surface area is 144 Å². The maximum atomic E-state index is 5.35. The van der Waals surface area contributed by atoms with Crippen molar-refractivity contribution >= 4 is 0 Å². The van der Waals surface area contributed by atoms with Gasteiger partial charge in [0.1, 0.15) is 11.4 Å². The molecule has 4 rings (SSSR count). The third-order valence-corrected chi connectivity index (χ3v) is 3.99. The monoisotopic (exact) mass is 337 g/mol. The van der Waals surface area contributed by atoms with E-state index in [2.05, 4.69) is 41.1 Å². The average Bonchev–Trinajstić information content (AvgIpc) is 3.34. The quantitative estimate of drug-likeness (QED) is 0.611. The Morgan fingerprint density at radius 2 is 2.08 bits per heavy atom. The summed E-state index contributed by atoms with van der Waals surface area (Å²) < 4.78 is 12.7. The molecule has 7 nitrogen and oxygen atoms in total. The molecule has 4 heterocycles. The Hall–Kier alpha value is -3.09. The number of hydrogen-bond donors (Lipinski definition) is 1. The van der Waals surface area contributed by atoms with E-state index in [4.69, 9.17) is 8.94 Å². The third-order valence-electron chi connectivity index (χ3n) is 3.99. The highest BCUT2D eigenvalue weighted by Crippen LogP contribution is 2.25. The number of nitrogens with one attached hydrogen (secondary N) is 1. The summed E-state index contributed by atoms with van der Waals surface area (Å²) >= 11 is 0. The zero-order chi connectivity index (χ0) is 17.4. The van der Waals surface area contributed by atoms with E-state index in [9.17, 15) is 0 Å². The van der Waals surface area contributed by atoms with Gasteiger partial charge < -0.3 is 13.5 Å². The Balaban J connectivity index is 1.59. The van der Waals surface area contributed by atoms with Crippen molar-refractivity contribution in [2.45, 2.75) is 32.7 Å². The van der Waals surface area contributed by atoms with Crippen LogP contribution >= 0.6 is 0 Å². The van der Waals surface area contributed by atoms with Gasteiger partial charge in [-0.15, -0.1) is 0 Å². The molecule has 0 bridgehead atoms. The summed E-state index contributed by atoms with van der Waals surface area (Å²) in [7, 11) is 0. The molecule has 0 saturated carbocycles. The molecule has 128 valence electrons. The van der Waals surface area contributed by atoms with E-state index in [1.54, 1.807) is 12.5 Å². The minimum absolute atomic E-state index is 0.00668. The highest BCUT2D eigenvalue weighted by Gasteiger charge is 2.19. The molecule has 0 aliphatic rings. The first-order valence-corrected chi connectivity index (χ1v) is 8.07. The molecular weight excluding hydrogens is 318 g/mol. The summed E-state index contributed by atoms with van der Waals surface area (Å²) in [4.78, 5) is 4.44. The Bertz CT molecular complexity index is 969. The Morgan fingerprint density at radius 3 is 2.80 bits per heavy atom. The lowest BCUT2D eigenvalue weighted by molar-refractivity contribution is 0.409. The lowest BCUT2D eigenvalue weighted by Gasteiger charge is -2.14. The van der Waals surface area contributed by atoms with E-state index < -0.39 is 0 Å².